The summed E-state index contributed by atoms with van der Waals surface area (Å²) in [5.41, 5.74) is 2.76. The molecular formula is C26H28N8O4. The van der Waals surface area contributed by atoms with Gasteiger partial charge in [0.2, 0.25) is 5.96 Å². The Labute approximate surface area is 219 Å². The lowest BCUT2D eigenvalue weighted by Crippen LogP contribution is -2.34. The highest BCUT2D eigenvalue weighted by molar-refractivity contribution is 6.05. The van der Waals surface area contributed by atoms with E-state index in [1.165, 1.54) is 23.1 Å². The fourth-order valence-electron chi connectivity index (χ4n) is 3.52. The van der Waals surface area contributed by atoms with Crippen LogP contribution >= 0.6 is 0 Å². The van der Waals surface area contributed by atoms with E-state index in [1.54, 1.807) is 30.3 Å². The highest BCUT2D eigenvalue weighted by atomic mass is 16.6. The Balaban J connectivity index is 1.87. The number of rotatable bonds is 6. The summed E-state index contributed by atoms with van der Waals surface area (Å²) in [7, 11) is 0. The van der Waals surface area contributed by atoms with Crippen LogP contribution in [0.2, 0.25) is 0 Å². The quantitative estimate of drug-likeness (QED) is 0.0885. The minimum atomic E-state index is -0.563. The summed E-state index contributed by atoms with van der Waals surface area (Å²) in [6.07, 6.45) is 0. The van der Waals surface area contributed by atoms with E-state index in [1.807, 2.05) is 24.3 Å². The molecule has 0 aliphatic rings. The average Bonchev–Trinajstić information content (AvgIpc) is 2.87. The SMILES string of the molecule is CC(C)(C)c1ccc(N(Cc2ccc(C(=O)NC(=N)N=NN)cc2)C(=O)Nc2cccc([N+](=O)[O-])c2)cc1. The van der Waals surface area contributed by atoms with E-state index in [9.17, 15) is 19.7 Å². The van der Waals surface area contributed by atoms with E-state index in [4.69, 9.17) is 11.3 Å². The van der Waals surface area contributed by atoms with Gasteiger partial charge in [-0.1, -0.05) is 61.4 Å². The maximum Gasteiger partial charge on any atom is 0.326 e. The second-order valence-electron chi connectivity index (χ2n) is 9.34. The maximum atomic E-state index is 13.4. The summed E-state index contributed by atoms with van der Waals surface area (Å²) in [5, 5.41) is 29.8. The van der Waals surface area contributed by atoms with Crippen LogP contribution in [0.5, 0.6) is 0 Å². The highest BCUT2D eigenvalue weighted by Gasteiger charge is 2.20. The third-order valence-electron chi connectivity index (χ3n) is 5.54. The lowest BCUT2D eigenvalue weighted by Gasteiger charge is -2.25. The molecule has 3 aromatic rings. The number of nitro groups is 1. The molecule has 0 radical (unpaired) electrons. The number of nitrogens with two attached hydrogens (primary N) is 1. The van der Waals surface area contributed by atoms with Crippen LogP contribution in [0.25, 0.3) is 0 Å². The first-order valence-corrected chi connectivity index (χ1v) is 11.5. The predicted octanol–water partition coefficient (Wildman–Crippen LogP) is 5.12. The zero-order valence-corrected chi connectivity index (χ0v) is 21.1. The fraction of sp³-hybridized carbons (Fsp3) is 0.192. The van der Waals surface area contributed by atoms with Crippen molar-refractivity contribution in [1.82, 2.24) is 5.32 Å². The molecule has 0 aliphatic carbocycles. The smallest absolute Gasteiger partial charge is 0.307 e. The molecule has 0 saturated carbocycles. The Hall–Kier alpha value is -5.13. The monoisotopic (exact) mass is 516 g/mol. The third kappa shape index (κ3) is 7.20. The van der Waals surface area contributed by atoms with E-state index >= 15 is 0 Å². The molecule has 0 fully saturated rings. The van der Waals surface area contributed by atoms with Crippen LogP contribution in [-0.2, 0) is 12.0 Å². The second-order valence-corrected chi connectivity index (χ2v) is 9.34. The van der Waals surface area contributed by atoms with Crippen LogP contribution in [0.15, 0.2) is 83.1 Å². The average molecular weight is 517 g/mol. The van der Waals surface area contributed by atoms with Crippen molar-refractivity contribution in [2.45, 2.75) is 32.7 Å². The van der Waals surface area contributed by atoms with Gasteiger partial charge in [-0.3, -0.25) is 30.5 Å². The van der Waals surface area contributed by atoms with Crippen LogP contribution in [0.4, 0.5) is 21.9 Å². The summed E-state index contributed by atoms with van der Waals surface area (Å²) in [4.78, 5) is 37.7. The fourth-order valence-corrected chi connectivity index (χ4v) is 3.52. The molecule has 3 rings (SSSR count). The number of nitrogens with one attached hydrogen (secondary N) is 3. The van der Waals surface area contributed by atoms with Crippen LogP contribution in [0, 0.1) is 15.5 Å². The van der Waals surface area contributed by atoms with Gasteiger partial charge in [-0.15, -0.1) is 0 Å². The Morgan fingerprint density at radius 1 is 1.05 bits per heavy atom. The van der Waals surface area contributed by atoms with Gasteiger partial charge in [0.15, 0.2) is 0 Å². The summed E-state index contributed by atoms with van der Waals surface area (Å²) in [5.74, 6) is 3.82. The van der Waals surface area contributed by atoms with E-state index in [2.05, 4.69) is 41.7 Å². The summed E-state index contributed by atoms with van der Waals surface area (Å²) < 4.78 is 0. The van der Waals surface area contributed by atoms with Crippen LogP contribution in [0.3, 0.4) is 0 Å². The topological polar surface area (TPSA) is 179 Å². The molecule has 0 heterocycles. The predicted molar refractivity (Wildman–Crippen MR) is 144 cm³/mol. The number of non-ortho nitro benzene ring substituents is 1. The molecule has 0 atom stereocenters. The van der Waals surface area contributed by atoms with Gasteiger partial charge < -0.3 is 11.2 Å². The van der Waals surface area contributed by atoms with Crippen LogP contribution in [-0.4, -0.2) is 22.8 Å². The number of guanidine groups is 1. The molecule has 0 spiro atoms. The van der Waals surface area contributed by atoms with E-state index in [0.717, 1.165) is 5.56 Å². The first-order chi connectivity index (χ1) is 18.0. The standard InChI is InChI=1S/C26H28N8O4/c1-26(2,3)19-11-13-21(14-12-19)33(25(36)29-20-5-4-6-22(15-20)34(37)38)16-17-7-9-18(10-8-17)23(35)30-24(27)31-32-28/h4-15H,16H2,1-3H3,(H,29,36)(H4,27,28,30,31,35). The number of benzene rings is 3. The zero-order valence-electron chi connectivity index (χ0n) is 21.1. The van der Waals surface area contributed by atoms with E-state index < -0.39 is 22.8 Å². The molecule has 0 bridgehead atoms. The summed E-state index contributed by atoms with van der Waals surface area (Å²) in [6.45, 7) is 6.42. The number of anilines is 2. The molecule has 38 heavy (non-hydrogen) atoms. The van der Waals surface area contributed by atoms with Crippen LogP contribution < -0.4 is 21.4 Å². The Kier molecular flexibility index (Phi) is 8.48. The molecule has 0 saturated heterocycles. The molecule has 196 valence electrons. The Morgan fingerprint density at radius 3 is 2.29 bits per heavy atom. The van der Waals surface area contributed by atoms with Crippen molar-refractivity contribution in [3.05, 3.63) is 99.6 Å². The van der Waals surface area contributed by atoms with Crippen molar-refractivity contribution in [1.29, 1.82) is 5.41 Å². The molecule has 12 heteroatoms. The number of hydrogen-bond acceptors (Lipinski definition) is 6. The minimum Gasteiger partial charge on any atom is -0.307 e. The van der Waals surface area contributed by atoms with Crippen molar-refractivity contribution >= 4 is 35.0 Å². The lowest BCUT2D eigenvalue weighted by molar-refractivity contribution is -0.384. The molecule has 0 unspecified atom stereocenters. The Morgan fingerprint density at radius 2 is 1.71 bits per heavy atom. The molecule has 12 nitrogen and oxygen atoms in total. The largest absolute Gasteiger partial charge is 0.326 e. The lowest BCUT2D eigenvalue weighted by atomic mass is 9.87. The van der Waals surface area contributed by atoms with E-state index in [0.29, 0.717) is 11.3 Å². The summed E-state index contributed by atoms with van der Waals surface area (Å²) >= 11 is 0. The van der Waals surface area contributed by atoms with Crippen molar-refractivity contribution in [3.8, 4) is 0 Å². The number of hydrogen-bond donors (Lipinski definition) is 4. The number of amides is 3. The molecule has 3 aromatic carbocycles. The molecule has 0 aliphatic heterocycles. The zero-order chi connectivity index (χ0) is 27.9. The van der Waals surface area contributed by atoms with Gasteiger partial charge in [-0.05, 0) is 46.9 Å². The van der Waals surface area contributed by atoms with Gasteiger partial charge in [0.25, 0.3) is 11.6 Å². The van der Waals surface area contributed by atoms with Crippen molar-refractivity contribution in [2.75, 3.05) is 10.2 Å². The van der Waals surface area contributed by atoms with Crippen molar-refractivity contribution in [2.24, 2.45) is 16.2 Å². The first kappa shape index (κ1) is 27.5. The molecular weight excluding hydrogens is 488 g/mol. The number of urea groups is 1. The first-order valence-electron chi connectivity index (χ1n) is 11.5. The van der Waals surface area contributed by atoms with Gasteiger partial charge in [0.05, 0.1) is 11.5 Å². The minimum absolute atomic E-state index is 0.0765. The summed E-state index contributed by atoms with van der Waals surface area (Å²) in [6, 6.07) is 19.2. The van der Waals surface area contributed by atoms with E-state index in [-0.39, 0.29) is 28.9 Å². The van der Waals surface area contributed by atoms with Gasteiger partial charge in [0, 0.05) is 29.1 Å². The van der Waals surface area contributed by atoms with Gasteiger partial charge in [0.1, 0.15) is 0 Å². The third-order valence-corrected chi connectivity index (χ3v) is 5.54. The second kappa shape index (κ2) is 11.7. The van der Waals surface area contributed by atoms with Gasteiger partial charge in [-0.2, -0.15) is 0 Å². The van der Waals surface area contributed by atoms with Crippen molar-refractivity contribution in [3.63, 3.8) is 0 Å². The van der Waals surface area contributed by atoms with Crippen molar-refractivity contribution < 1.29 is 14.5 Å². The Bertz CT molecular complexity index is 1360. The highest BCUT2D eigenvalue weighted by Crippen LogP contribution is 2.27. The van der Waals surface area contributed by atoms with Crippen LogP contribution in [0.1, 0.15) is 42.3 Å². The molecule has 3 amide bonds. The van der Waals surface area contributed by atoms with Gasteiger partial charge >= 0.3 is 6.03 Å². The van der Waals surface area contributed by atoms with Gasteiger partial charge in [-0.25, -0.2) is 4.79 Å². The number of nitrogens with zero attached hydrogens (tertiary/aromatic N) is 4. The normalized spacial score (nSPS) is 11.1. The molecule has 0 aromatic heterocycles. The maximum absolute atomic E-state index is 13.4. The molecule has 5 N–H and O–H groups in total. The number of carbonyl (C=O) groups is 2. The number of carbonyl (C=O) groups excluding carboxylic acids is 2. The number of nitro benzene ring substituents is 1.